The van der Waals surface area contributed by atoms with Gasteiger partial charge < -0.3 is 39.6 Å². The highest BCUT2D eigenvalue weighted by molar-refractivity contribution is 5.82. The van der Waals surface area contributed by atoms with Gasteiger partial charge in [-0.3, -0.25) is 0 Å². The number of amides is 3. The van der Waals surface area contributed by atoms with Crippen molar-refractivity contribution in [1.29, 1.82) is 0 Å². The number of rotatable bonds is 12. The summed E-state index contributed by atoms with van der Waals surface area (Å²) < 4.78 is 25.7. The molecule has 0 aliphatic rings. The highest BCUT2D eigenvalue weighted by Crippen LogP contribution is 2.17. The molecule has 13 nitrogen and oxygen atoms in total. The highest BCUT2D eigenvalue weighted by atomic mass is 16.6. The molecule has 0 saturated carbocycles. The van der Waals surface area contributed by atoms with Crippen LogP contribution < -0.4 is 16.0 Å². The average Bonchev–Trinajstić information content (AvgIpc) is 2.96. The largest absolute Gasteiger partial charge is 0.467 e. The van der Waals surface area contributed by atoms with Crippen LogP contribution >= 0.6 is 0 Å². The highest BCUT2D eigenvalue weighted by Gasteiger charge is 2.28. The summed E-state index contributed by atoms with van der Waals surface area (Å²) in [6, 6.07) is 12.1. The Balaban J connectivity index is 2.35. The summed E-state index contributed by atoms with van der Waals surface area (Å²) in [5.74, 6) is -1.42. The lowest BCUT2D eigenvalue weighted by Gasteiger charge is -2.24. The molecule has 2 rings (SSSR count). The van der Waals surface area contributed by atoms with E-state index in [9.17, 15) is 24.0 Å². The van der Waals surface area contributed by atoms with Crippen molar-refractivity contribution in [3.63, 3.8) is 0 Å². The van der Waals surface area contributed by atoms with Crippen LogP contribution in [-0.2, 0) is 59.3 Å². The first kappa shape index (κ1) is 37.4. The first-order valence-corrected chi connectivity index (χ1v) is 14.7. The van der Waals surface area contributed by atoms with Crippen molar-refractivity contribution in [2.75, 3.05) is 14.2 Å². The molecule has 0 aliphatic heterocycles. The maximum atomic E-state index is 12.6. The second-order valence-electron chi connectivity index (χ2n) is 12.4. The van der Waals surface area contributed by atoms with Crippen LogP contribution in [-0.4, -0.2) is 67.7 Å². The van der Waals surface area contributed by atoms with E-state index < -0.39 is 53.5 Å². The fourth-order valence-corrected chi connectivity index (χ4v) is 4.17. The third kappa shape index (κ3) is 14.3. The Hall–Kier alpha value is -4.81. The molecule has 0 saturated heterocycles. The van der Waals surface area contributed by atoms with Crippen molar-refractivity contribution in [1.82, 2.24) is 16.0 Å². The van der Waals surface area contributed by atoms with Crippen LogP contribution in [0, 0.1) is 0 Å². The van der Waals surface area contributed by atoms with E-state index in [0.29, 0.717) is 16.7 Å². The maximum absolute atomic E-state index is 12.6. The number of hydrogen-bond donors (Lipinski definition) is 3. The third-order valence-corrected chi connectivity index (χ3v) is 5.99. The number of carbonyl (C=O) groups is 5. The number of nitrogens with one attached hydrogen (secondary N) is 3. The normalized spacial score (nSPS) is 12.5. The van der Waals surface area contributed by atoms with Gasteiger partial charge in [0.15, 0.2) is 0 Å². The zero-order chi connectivity index (χ0) is 34.5. The van der Waals surface area contributed by atoms with Crippen LogP contribution in [0.1, 0.15) is 63.8 Å². The monoisotopic (exact) mass is 643 g/mol. The van der Waals surface area contributed by atoms with Gasteiger partial charge in [-0.25, -0.2) is 24.0 Å². The van der Waals surface area contributed by atoms with Gasteiger partial charge in [-0.1, -0.05) is 48.5 Å². The fourth-order valence-electron chi connectivity index (χ4n) is 4.17. The van der Waals surface area contributed by atoms with Crippen molar-refractivity contribution in [3.05, 3.63) is 70.8 Å². The molecule has 2 aromatic rings. The van der Waals surface area contributed by atoms with Gasteiger partial charge in [0.05, 0.1) is 14.2 Å². The average molecular weight is 644 g/mol. The van der Waals surface area contributed by atoms with Gasteiger partial charge in [0, 0.05) is 19.4 Å². The number of esters is 2. The van der Waals surface area contributed by atoms with E-state index in [0.717, 1.165) is 5.56 Å². The Morgan fingerprint density at radius 2 is 1.07 bits per heavy atom. The van der Waals surface area contributed by atoms with E-state index >= 15 is 0 Å². The number of ether oxygens (including phenoxy) is 5. The first-order valence-electron chi connectivity index (χ1n) is 14.7. The Labute approximate surface area is 269 Å². The Morgan fingerprint density at radius 1 is 0.630 bits per heavy atom. The molecule has 0 unspecified atom stereocenters. The fraction of sp³-hybridized carbons (Fsp3) is 0.485. The summed E-state index contributed by atoms with van der Waals surface area (Å²) in [5.41, 5.74) is 0.912. The molecule has 0 heterocycles. The summed E-state index contributed by atoms with van der Waals surface area (Å²) in [4.78, 5) is 62.8. The topological polar surface area (TPSA) is 168 Å². The summed E-state index contributed by atoms with van der Waals surface area (Å²) >= 11 is 0. The van der Waals surface area contributed by atoms with Crippen LogP contribution in [0.3, 0.4) is 0 Å². The van der Waals surface area contributed by atoms with Gasteiger partial charge >= 0.3 is 30.2 Å². The Bertz CT molecular complexity index is 1280. The van der Waals surface area contributed by atoms with Gasteiger partial charge in [-0.2, -0.15) is 0 Å². The van der Waals surface area contributed by atoms with E-state index in [-0.39, 0.29) is 26.0 Å². The lowest BCUT2D eigenvalue weighted by Crippen LogP contribution is -2.45. The first-order chi connectivity index (χ1) is 21.5. The molecule has 2 aromatic carbocycles. The summed E-state index contributed by atoms with van der Waals surface area (Å²) in [6.45, 7) is 10.2. The molecular weight excluding hydrogens is 598 g/mol. The quantitative estimate of drug-likeness (QED) is 0.224. The van der Waals surface area contributed by atoms with Crippen molar-refractivity contribution in [3.8, 4) is 0 Å². The summed E-state index contributed by atoms with van der Waals surface area (Å²) in [7, 11) is 2.39. The minimum absolute atomic E-state index is 0.0202. The number of hydrogen-bond acceptors (Lipinski definition) is 10. The van der Waals surface area contributed by atoms with Crippen LogP contribution in [0.2, 0.25) is 0 Å². The molecule has 0 spiro atoms. The van der Waals surface area contributed by atoms with Crippen LogP contribution in [0.5, 0.6) is 0 Å². The van der Waals surface area contributed by atoms with Gasteiger partial charge in [0.1, 0.15) is 29.9 Å². The number of carbonyl (C=O) groups excluding carboxylic acids is 5. The lowest BCUT2D eigenvalue weighted by molar-refractivity contribution is -0.143. The zero-order valence-electron chi connectivity index (χ0n) is 27.7. The predicted molar refractivity (Wildman–Crippen MR) is 168 cm³/mol. The van der Waals surface area contributed by atoms with Crippen LogP contribution in [0.15, 0.2) is 48.5 Å². The van der Waals surface area contributed by atoms with Gasteiger partial charge in [-0.15, -0.1) is 0 Å². The third-order valence-electron chi connectivity index (χ3n) is 5.99. The minimum atomic E-state index is -1.12. The smallest absolute Gasteiger partial charge is 0.408 e. The molecule has 0 bridgehead atoms. The number of alkyl carbamates (subject to hydrolysis) is 3. The van der Waals surface area contributed by atoms with Crippen molar-refractivity contribution >= 4 is 30.2 Å². The van der Waals surface area contributed by atoms with Crippen LogP contribution in [0.25, 0.3) is 0 Å². The molecule has 252 valence electrons. The second-order valence-corrected chi connectivity index (χ2v) is 12.4. The number of methoxy groups -OCH3 is 2. The molecule has 0 aromatic heterocycles. The van der Waals surface area contributed by atoms with Gasteiger partial charge in [0.25, 0.3) is 0 Å². The molecule has 13 heteroatoms. The maximum Gasteiger partial charge on any atom is 0.408 e. The SMILES string of the molecule is COC(=O)[C@H](Cc1cc(CNC(=O)OCc2ccccc2)cc(C[C@H](NC(=O)OC(C)(C)C)C(=O)OC)c1)NC(=O)OC(C)(C)C. The van der Waals surface area contributed by atoms with E-state index in [1.54, 1.807) is 59.7 Å². The van der Waals surface area contributed by atoms with E-state index in [4.69, 9.17) is 23.7 Å². The minimum Gasteiger partial charge on any atom is -0.467 e. The molecule has 0 radical (unpaired) electrons. The van der Waals surface area contributed by atoms with Crippen molar-refractivity contribution in [2.45, 2.75) is 90.8 Å². The standard InChI is InChI=1S/C33H45N3O10/c1-32(2,3)45-30(40)35-25(27(37)42-7)17-22-14-23(18-26(28(38)43-8)36-31(41)46-33(4,5)6)16-24(15-22)19-34-29(39)44-20-21-12-10-9-11-13-21/h9-16,25-26H,17-20H2,1-8H3,(H,34,39)(H,35,40)(H,36,41)/t25-,26-/m0/s1. The summed E-state index contributed by atoms with van der Waals surface area (Å²) in [5, 5.41) is 7.76. The van der Waals surface area contributed by atoms with Crippen molar-refractivity contribution < 1.29 is 47.7 Å². The summed E-state index contributed by atoms with van der Waals surface area (Å²) in [6.07, 6.45) is -2.32. The molecule has 2 atom stereocenters. The Morgan fingerprint density at radius 3 is 1.48 bits per heavy atom. The molecule has 3 N–H and O–H groups in total. The van der Waals surface area contributed by atoms with Gasteiger partial charge in [0.2, 0.25) is 0 Å². The van der Waals surface area contributed by atoms with Crippen LogP contribution in [0.4, 0.5) is 14.4 Å². The van der Waals surface area contributed by atoms with Crippen molar-refractivity contribution in [2.24, 2.45) is 0 Å². The zero-order valence-corrected chi connectivity index (χ0v) is 27.7. The Kier molecular flexibility index (Phi) is 13.8. The molecule has 3 amide bonds. The molecule has 46 heavy (non-hydrogen) atoms. The molecular formula is C33H45N3O10. The molecule has 0 fully saturated rings. The van der Waals surface area contributed by atoms with E-state index in [2.05, 4.69) is 16.0 Å². The van der Waals surface area contributed by atoms with E-state index in [1.165, 1.54) is 14.2 Å². The number of benzene rings is 2. The predicted octanol–water partition coefficient (Wildman–Crippen LogP) is 4.33. The van der Waals surface area contributed by atoms with E-state index in [1.807, 2.05) is 30.3 Å². The molecule has 0 aliphatic carbocycles. The lowest BCUT2D eigenvalue weighted by atomic mass is 9.96. The second kappa shape index (κ2) is 17.0. The van der Waals surface area contributed by atoms with Gasteiger partial charge in [-0.05, 0) is 63.8 Å².